The standard InChI is InChI=1S/C12H19N3O3S/c1-4-12(3,10(16)17)7-15-11(18)14-6-9-13-5-8(2)19-9/h5H,4,6-7H2,1-3H3,(H,16,17)(H2,14,15,18). The predicted octanol–water partition coefficient (Wildman–Crippen LogP) is 1.75. The van der Waals surface area contributed by atoms with Crippen molar-refractivity contribution in [3.63, 3.8) is 0 Å². The Labute approximate surface area is 116 Å². The largest absolute Gasteiger partial charge is 0.481 e. The molecule has 1 aromatic rings. The SMILES string of the molecule is CCC(C)(CNC(=O)NCc1ncc(C)s1)C(=O)O. The molecular weight excluding hydrogens is 266 g/mol. The van der Waals surface area contributed by atoms with Crippen LogP contribution < -0.4 is 10.6 Å². The van der Waals surface area contributed by atoms with Gasteiger partial charge in [-0.3, -0.25) is 4.79 Å². The number of carbonyl (C=O) groups is 2. The Kier molecular flexibility index (Phi) is 5.29. The van der Waals surface area contributed by atoms with Crippen LogP contribution in [0.4, 0.5) is 4.79 Å². The first-order valence-corrected chi connectivity index (χ1v) is 6.85. The number of aliphatic carboxylic acids is 1. The summed E-state index contributed by atoms with van der Waals surface area (Å²) in [5, 5.41) is 15.1. The van der Waals surface area contributed by atoms with Gasteiger partial charge in [-0.1, -0.05) is 6.92 Å². The fraction of sp³-hybridized carbons (Fsp3) is 0.583. The van der Waals surface area contributed by atoms with Gasteiger partial charge < -0.3 is 15.7 Å². The van der Waals surface area contributed by atoms with Gasteiger partial charge in [-0.25, -0.2) is 9.78 Å². The Morgan fingerprint density at radius 3 is 2.63 bits per heavy atom. The molecular formula is C12H19N3O3S. The molecule has 0 aromatic carbocycles. The maximum Gasteiger partial charge on any atom is 0.315 e. The fourth-order valence-electron chi connectivity index (χ4n) is 1.33. The molecule has 1 atom stereocenters. The van der Waals surface area contributed by atoms with Gasteiger partial charge in [-0.2, -0.15) is 0 Å². The topological polar surface area (TPSA) is 91.3 Å². The number of carboxylic acid groups (broad SMARTS) is 1. The number of aryl methyl sites for hydroxylation is 1. The first-order valence-electron chi connectivity index (χ1n) is 6.04. The molecule has 0 bridgehead atoms. The Morgan fingerprint density at radius 1 is 1.47 bits per heavy atom. The third-order valence-electron chi connectivity index (χ3n) is 3.01. The lowest BCUT2D eigenvalue weighted by atomic mass is 9.88. The summed E-state index contributed by atoms with van der Waals surface area (Å²) in [5.74, 6) is -0.911. The number of amides is 2. The van der Waals surface area contributed by atoms with Gasteiger partial charge in [0.05, 0.1) is 12.0 Å². The summed E-state index contributed by atoms with van der Waals surface area (Å²) in [6.07, 6.45) is 2.20. The van der Waals surface area contributed by atoms with E-state index in [-0.39, 0.29) is 12.6 Å². The second-order valence-corrected chi connectivity index (χ2v) is 5.94. The molecule has 1 heterocycles. The van der Waals surface area contributed by atoms with Gasteiger partial charge in [0.2, 0.25) is 0 Å². The van der Waals surface area contributed by atoms with Crippen LogP contribution in [0, 0.1) is 12.3 Å². The van der Waals surface area contributed by atoms with Crippen LogP contribution in [-0.4, -0.2) is 28.6 Å². The van der Waals surface area contributed by atoms with E-state index in [2.05, 4.69) is 15.6 Å². The minimum atomic E-state index is -0.935. The molecule has 0 aliphatic carbocycles. The number of nitrogens with zero attached hydrogens (tertiary/aromatic N) is 1. The van der Waals surface area contributed by atoms with Crippen LogP contribution in [0.5, 0.6) is 0 Å². The van der Waals surface area contributed by atoms with Crippen molar-refractivity contribution in [2.24, 2.45) is 5.41 Å². The Morgan fingerprint density at radius 2 is 2.16 bits per heavy atom. The van der Waals surface area contributed by atoms with Gasteiger partial charge >= 0.3 is 12.0 Å². The normalized spacial score (nSPS) is 13.6. The molecule has 1 unspecified atom stereocenters. The van der Waals surface area contributed by atoms with Gasteiger partial charge in [-0.15, -0.1) is 11.3 Å². The molecule has 0 radical (unpaired) electrons. The van der Waals surface area contributed by atoms with Crippen molar-refractivity contribution in [2.45, 2.75) is 33.7 Å². The Balaban J connectivity index is 2.37. The quantitative estimate of drug-likeness (QED) is 0.742. The average Bonchev–Trinajstić information content (AvgIpc) is 2.79. The number of carboxylic acids is 1. The van der Waals surface area contributed by atoms with Gasteiger partial charge in [0.25, 0.3) is 0 Å². The summed E-state index contributed by atoms with van der Waals surface area (Å²) in [4.78, 5) is 27.8. The first-order chi connectivity index (χ1) is 8.87. The van der Waals surface area contributed by atoms with E-state index in [0.717, 1.165) is 9.88 Å². The molecule has 1 aromatic heterocycles. The number of aromatic nitrogens is 1. The first kappa shape index (κ1) is 15.4. The molecule has 0 aliphatic rings. The molecule has 3 N–H and O–H groups in total. The number of thiazole rings is 1. The lowest BCUT2D eigenvalue weighted by molar-refractivity contribution is -0.147. The minimum absolute atomic E-state index is 0.0988. The van der Waals surface area contributed by atoms with E-state index in [0.29, 0.717) is 13.0 Å². The molecule has 0 spiro atoms. The molecule has 0 fully saturated rings. The maximum atomic E-state index is 11.6. The highest BCUT2D eigenvalue weighted by Crippen LogP contribution is 2.19. The van der Waals surface area contributed by atoms with Crippen molar-refractivity contribution >= 4 is 23.3 Å². The van der Waals surface area contributed by atoms with Crippen LogP contribution in [0.3, 0.4) is 0 Å². The maximum absolute atomic E-state index is 11.6. The second-order valence-electron chi connectivity index (χ2n) is 4.62. The highest BCUT2D eigenvalue weighted by atomic mass is 32.1. The molecule has 19 heavy (non-hydrogen) atoms. The number of hydrogen-bond acceptors (Lipinski definition) is 4. The van der Waals surface area contributed by atoms with E-state index < -0.39 is 11.4 Å². The number of rotatable bonds is 6. The molecule has 106 valence electrons. The van der Waals surface area contributed by atoms with Crippen LogP contribution in [0.2, 0.25) is 0 Å². The summed E-state index contributed by atoms with van der Waals surface area (Å²) in [6, 6.07) is -0.381. The fourth-order valence-corrected chi connectivity index (χ4v) is 2.06. The van der Waals surface area contributed by atoms with Gasteiger partial charge in [0.15, 0.2) is 0 Å². The summed E-state index contributed by atoms with van der Waals surface area (Å²) < 4.78 is 0. The monoisotopic (exact) mass is 285 g/mol. The second kappa shape index (κ2) is 6.51. The molecule has 2 amide bonds. The highest BCUT2D eigenvalue weighted by molar-refractivity contribution is 7.11. The lowest BCUT2D eigenvalue weighted by Crippen LogP contribution is -2.44. The van der Waals surface area contributed by atoms with Gasteiger partial charge in [0, 0.05) is 17.6 Å². The molecule has 6 nitrogen and oxygen atoms in total. The molecule has 7 heteroatoms. The van der Waals surface area contributed by atoms with E-state index in [4.69, 9.17) is 5.11 Å². The van der Waals surface area contributed by atoms with Crippen LogP contribution in [0.1, 0.15) is 30.2 Å². The van der Waals surface area contributed by atoms with Crippen molar-refractivity contribution in [3.05, 3.63) is 16.1 Å². The summed E-state index contributed by atoms with van der Waals surface area (Å²) in [7, 11) is 0. The minimum Gasteiger partial charge on any atom is -0.481 e. The zero-order chi connectivity index (χ0) is 14.5. The summed E-state index contributed by atoms with van der Waals surface area (Å²) in [6.45, 7) is 5.79. The zero-order valence-corrected chi connectivity index (χ0v) is 12.1. The van der Waals surface area contributed by atoms with Crippen LogP contribution >= 0.6 is 11.3 Å². The Hall–Kier alpha value is -1.63. The zero-order valence-electron chi connectivity index (χ0n) is 11.3. The molecule has 0 aliphatic heterocycles. The average molecular weight is 285 g/mol. The number of nitrogens with one attached hydrogen (secondary N) is 2. The predicted molar refractivity (Wildman–Crippen MR) is 73.1 cm³/mol. The lowest BCUT2D eigenvalue weighted by Gasteiger charge is -2.23. The molecule has 0 saturated carbocycles. The van der Waals surface area contributed by atoms with Crippen molar-refractivity contribution in [1.29, 1.82) is 0 Å². The third kappa shape index (κ3) is 4.51. The van der Waals surface area contributed by atoms with Gasteiger partial charge in [-0.05, 0) is 20.3 Å². The molecule has 1 rings (SSSR count). The van der Waals surface area contributed by atoms with Crippen molar-refractivity contribution in [1.82, 2.24) is 15.6 Å². The van der Waals surface area contributed by atoms with E-state index >= 15 is 0 Å². The highest BCUT2D eigenvalue weighted by Gasteiger charge is 2.31. The van der Waals surface area contributed by atoms with E-state index in [1.807, 2.05) is 6.92 Å². The number of urea groups is 1. The smallest absolute Gasteiger partial charge is 0.315 e. The van der Waals surface area contributed by atoms with Crippen molar-refractivity contribution in [3.8, 4) is 0 Å². The van der Waals surface area contributed by atoms with E-state index in [1.54, 1.807) is 20.0 Å². The van der Waals surface area contributed by atoms with E-state index in [9.17, 15) is 9.59 Å². The van der Waals surface area contributed by atoms with Crippen molar-refractivity contribution < 1.29 is 14.7 Å². The van der Waals surface area contributed by atoms with Gasteiger partial charge in [0.1, 0.15) is 5.01 Å². The summed E-state index contributed by atoms with van der Waals surface area (Å²) in [5.41, 5.74) is -0.935. The molecule has 0 saturated heterocycles. The van der Waals surface area contributed by atoms with Crippen LogP contribution in [-0.2, 0) is 11.3 Å². The third-order valence-corrected chi connectivity index (χ3v) is 3.92. The van der Waals surface area contributed by atoms with Crippen LogP contribution in [0.15, 0.2) is 6.20 Å². The van der Waals surface area contributed by atoms with Crippen LogP contribution in [0.25, 0.3) is 0 Å². The Bertz CT molecular complexity index is 461. The number of carbonyl (C=O) groups excluding carboxylic acids is 1. The number of hydrogen-bond donors (Lipinski definition) is 3. The van der Waals surface area contributed by atoms with Crippen molar-refractivity contribution in [2.75, 3.05) is 6.54 Å². The van der Waals surface area contributed by atoms with E-state index in [1.165, 1.54) is 11.3 Å². The summed E-state index contributed by atoms with van der Waals surface area (Å²) >= 11 is 1.52.